The molecule has 1 aromatic carbocycles. The summed E-state index contributed by atoms with van der Waals surface area (Å²) in [7, 11) is 2.00. The highest BCUT2D eigenvalue weighted by atomic mass is 32.1. The third-order valence-corrected chi connectivity index (χ3v) is 6.88. The molecular weight excluding hydrogens is 390 g/mol. The van der Waals surface area contributed by atoms with Gasteiger partial charge in [0.05, 0.1) is 0 Å². The Morgan fingerprint density at radius 3 is 2.63 bits per heavy atom. The summed E-state index contributed by atoms with van der Waals surface area (Å²) in [5, 5.41) is 5.39. The Bertz CT molecular complexity index is 876. The lowest BCUT2D eigenvalue weighted by Crippen LogP contribution is -2.32. The maximum Gasteiger partial charge on any atom is 0.134 e. The molecule has 2 aromatic heterocycles. The van der Waals surface area contributed by atoms with Crippen molar-refractivity contribution in [1.29, 1.82) is 0 Å². The van der Waals surface area contributed by atoms with Gasteiger partial charge in [0.1, 0.15) is 11.9 Å². The molecule has 30 heavy (non-hydrogen) atoms. The molecular formula is C25H31N3OS. The van der Waals surface area contributed by atoms with Crippen LogP contribution in [0, 0.1) is 0 Å². The van der Waals surface area contributed by atoms with Crippen molar-refractivity contribution in [2.24, 2.45) is 0 Å². The van der Waals surface area contributed by atoms with Gasteiger partial charge in [-0.25, -0.2) is 0 Å². The molecule has 1 fully saturated rings. The molecule has 0 bridgehead atoms. The zero-order valence-electron chi connectivity index (χ0n) is 17.7. The van der Waals surface area contributed by atoms with E-state index in [-0.39, 0.29) is 6.10 Å². The van der Waals surface area contributed by atoms with Crippen molar-refractivity contribution < 1.29 is 4.74 Å². The fourth-order valence-electron chi connectivity index (χ4n) is 4.21. The van der Waals surface area contributed by atoms with Crippen LogP contribution in [0.5, 0.6) is 5.75 Å². The second-order valence-electron chi connectivity index (χ2n) is 7.95. The standard InChI is InChI=1S/C25H31N3OS/c1-26-13-10-24(25-7-4-18-30-25)29-23-6-3-2-5-22(23)19-28-16-11-21(12-17-28)20-8-14-27-15-9-20/h2-9,14-15,18,21,24,26H,10-13,16-17,19H2,1H3. The average Bonchev–Trinajstić information content (AvgIpc) is 3.34. The number of nitrogens with one attached hydrogen (secondary N) is 1. The summed E-state index contributed by atoms with van der Waals surface area (Å²) in [6, 6.07) is 17.2. The molecule has 0 aliphatic carbocycles. The zero-order valence-corrected chi connectivity index (χ0v) is 18.5. The Morgan fingerprint density at radius 1 is 1.10 bits per heavy atom. The van der Waals surface area contributed by atoms with Gasteiger partial charge in [-0.3, -0.25) is 9.88 Å². The Kier molecular flexibility index (Phi) is 7.51. The number of hydrogen-bond donors (Lipinski definition) is 1. The molecule has 158 valence electrons. The van der Waals surface area contributed by atoms with Crippen LogP contribution in [0.15, 0.2) is 66.3 Å². The highest BCUT2D eigenvalue weighted by Crippen LogP contribution is 2.32. The molecule has 1 N–H and O–H groups in total. The van der Waals surface area contributed by atoms with Crippen LogP contribution in [0.25, 0.3) is 0 Å². The van der Waals surface area contributed by atoms with Gasteiger partial charge < -0.3 is 10.1 Å². The summed E-state index contributed by atoms with van der Waals surface area (Å²) >= 11 is 1.77. The number of pyridine rings is 1. The number of thiophene rings is 1. The minimum absolute atomic E-state index is 0.0935. The summed E-state index contributed by atoms with van der Waals surface area (Å²) in [6.07, 6.45) is 7.28. The van der Waals surface area contributed by atoms with Gasteiger partial charge in [0, 0.05) is 35.8 Å². The molecule has 3 aromatic rings. The molecule has 0 radical (unpaired) electrons. The van der Waals surface area contributed by atoms with Crippen LogP contribution in [0.4, 0.5) is 0 Å². The van der Waals surface area contributed by atoms with E-state index in [1.807, 2.05) is 19.4 Å². The number of nitrogens with zero attached hydrogens (tertiary/aromatic N) is 2. The maximum absolute atomic E-state index is 6.56. The van der Waals surface area contributed by atoms with Crippen molar-refractivity contribution >= 4 is 11.3 Å². The Labute approximate surface area is 183 Å². The third-order valence-electron chi connectivity index (χ3n) is 5.92. The van der Waals surface area contributed by atoms with E-state index in [1.165, 1.54) is 28.8 Å². The van der Waals surface area contributed by atoms with Gasteiger partial charge in [0.2, 0.25) is 0 Å². The van der Waals surface area contributed by atoms with Gasteiger partial charge in [-0.2, -0.15) is 0 Å². The lowest BCUT2D eigenvalue weighted by molar-refractivity contribution is 0.181. The largest absolute Gasteiger partial charge is 0.485 e. The SMILES string of the molecule is CNCCC(Oc1ccccc1CN1CCC(c2ccncc2)CC1)c1cccs1. The van der Waals surface area contributed by atoms with Gasteiger partial charge in [0.25, 0.3) is 0 Å². The molecule has 0 amide bonds. The van der Waals surface area contributed by atoms with Crippen LogP contribution in [0.3, 0.4) is 0 Å². The van der Waals surface area contributed by atoms with Crippen LogP contribution >= 0.6 is 11.3 Å². The normalized spacial score (nSPS) is 16.4. The first-order chi connectivity index (χ1) is 14.8. The van der Waals surface area contributed by atoms with E-state index in [1.54, 1.807) is 11.3 Å². The van der Waals surface area contributed by atoms with Crippen molar-refractivity contribution in [3.63, 3.8) is 0 Å². The minimum Gasteiger partial charge on any atom is -0.485 e. The van der Waals surface area contributed by atoms with E-state index in [4.69, 9.17) is 4.74 Å². The second-order valence-corrected chi connectivity index (χ2v) is 8.93. The van der Waals surface area contributed by atoms with Crippen molar-refractivity contribution in [2.75, 3.05) is 26.7 Å². The van der Waals surface area contributed by atoms with E-state index < -0.39 is 0 Å². The summed E-state index contributed by atoms with van der Waals surface area (Å²) in [5.41, 5.74) is 2.71. The lowest BCUT2D eigenvalue weighted by atomic mass is 9.90. The number of likely N-dealkylation sites (tertiary alicyclic amines) is 1. The Morgan fingerprint density at radius 2 is 1.90 bits per heavy atom. The fourth-order valence-corrected chi connectivity index (χ4v) is 5.00. The maximum atomic E-state index is 6.56. The predicted molar refractivity (Wildman–Crippen MR) is 124 cm³/mol. The smallest absolute Gasteiger partial charge is 0.134 e. The highest BCUT2D eigenvalue weighted by Gasteiger charge is 2.22. The first-order valence-corrected chi connectivity index (χ1v) is 11.8. The van der Waals surface area contributed by atoms with Gasteiger partial charge in [-0.15, -0.1) is 11.3 Å². The van der Waals surface area contributed by atoms with Gasteiger partial charge in [0.15, 0.2) is 0 Å². The summed E-state index contributed by atoms with van der Waals surface area (Å²) in [6.45, 7) is 4.13. The quantitative estimate of drug-likeness (QED) is 0.512. The minimum atomic E-state index is 0.0935. The molecule has 3 heterocycles. The lowest BCUT2D eigenvalue weighted by Gasteiger charge is -2.32. The Balaban J connectivity index is 1.40. The topological polar surface area (TPSA) is 37.4 Å². The number of benzene rings is 1. The summed E-state index contributed by atoms with van der Waals surface area (Å²) < 4.78 is 6.56. The summed E-state index contributed by atoms with van der Waals surface area (Å²) in [4.78, 5) is 8.01. The molecule has 1 unspecified atom stereocenters. The van der Waals surface area contributed by atoms with Crippen LogP contribution in [0.1, 0.15) is 47.3 Å². The first-order valence-electron chi connectivity index (χ1n) is 10.9. The van der Waals surface area contributed by atoms with E-state index in [0.717, 1.165) is 38.3 Å². The van der Waals surface area contributed by atoms with Crippen molar-refractivity contribution in [3.8, 4) is 5.75 Å². The number of hydrogen-bond acceptors (Lipinski definition) is 5. The van der Waals surface area contributed by atoms with Gasteiger partial charge in [-0.05, 0) is 80.7 Å². The predicted octanol–water partition coefficient (Wildman–Crippen LogP) is 5.25. The average molecular weight is 422 g/mol. The second kappa shape index (κ2) is 10.7. The molecule has 0 saturated carbocycles. The molecule has 0 spiro atoms. The van der Waals surface area contributed by atoms with Crippen molar-refractivity contribution in [3.05, 3.63) is 82.3 Å². The number of rotatable bonds is 9. The van der Waals surface area contributed by atoms with Crippen molar-refractivity contribution in [2.45, 2.75) is 37.8 Å². The zero-order chi connectivity index (χ0) is 20.6. The molecule has 1 aliphatic rings. The molecule has 4 rings (SSSR count). The van der Waals surface area contributed by atoms with E-state index in [0.29, 0.717) is 5.92 Å². The number of aromatic nitrogens is 1. The molecule has 5 heteroatoms. The fraction of sp³-hybridized carbons (Fsp3) is 0.400. The van der Waals surface area contributed by atoms with Crippen LogP contribution in [-0.2, 0) is 6.54 Å². The first kappa shape index (κ1) is 21.0. The summed E-state index contributed by atoms with van der Waals surface area (Å²) in [5.74, 6) is 1.67. The Hall–Kier alpha value is -2.21. The van der Waals surface area contributed by atoms with Crippen LogP contribution in [-0.4, -0.2) is 36.6 Å². The van der Waals surface area contributed by atoms with E-state index in [2.05, 4.69) is 69.1 Å². The number of piperidine rings is 1. The molecule has 4 nitrogen and oxygen atoms in total. The van der Waals surface area contributed by atoms with Gasteiger partial charge >= 0.3 is 0 Å². The molecule has 1 atom stereocenters. The van der Waals surface area contributed by atoms with Crippen molar-refractivity contribution in [1.82, 2.24) is 15.2 Å². The molecule has 1 aliphatic heterocycles. The van der Waals surface area contributed by atoms with E-state index in [9.17, 15) is 0 Å². The third kappa shape index (κ3) is 5.48. The monoisotopic (exact) mass is 421 g/mol. The number of ether oxygens (including phenoxy) is 1. The number of para-hydroxylation sites is 1. The molecule has 1 saturated heterocycles. The highest BCUT2D eigenvalue weighted by molar-refractivity contribution is 7.10. The van der Waals surface area contributed by atoms with Crippen LogP contribution < -0.4 is 10.1 Å². The van der Waals surface area contributed by atoms with Crippen LogP contribution in [0.2, 0.25) is 0 Å². The van der Waals surface area contributed by atoms with Gasteiger partial charge in [-0.1, -0.05) is 24.3 Å². The van der Waals surface area contributed by atoms with E-state index >= 15 is 0 Å².